The minimum absolute atomic E-state index is 0.00692. The standard InChI is InChI=1S/C45H51N3O6/c49-40(27-36-13-5-1-6-14-36)31-46-24-23-45(22-21-44(53)54,35-47(26-25-46)32-41(50)28-37-15-7-2-8-16-37)48(33-42(51)29-38-17-9-3-10-18-38)34-43(52)30-39-19-11-4-12-20-39/h1-20H,21-35H2,(H,53,54). The van der Waals surface area contributed by atoms with Gasteiger partial charge in [-0.15, -0.1) is 0 Å². The number of carbonyl (C=O) groups excluding carboxylic acids is 4. The number of rotatable bonds is 20. The van der Waals surface area contributed by atoms with Crippen molar-refractivity contribution in [3.8, 4) is 0 Å². The molecular formula is C45H51N3O6. The summed E-state index contributed by atoms with van der Waals surface area (Å²) in [7, 11) is 0. The molecule has 1 saturated heterocycles. The molecule has 0 aliphatic carbocycles. The Bertz CT molecular complexity index is 1760. The monoisotopic (exact) mass is 729 g/mol. The topological polar surface area (TPSA) is 115 Å². The van der Waals surface area contributed by atoms with E-state index in [1.807, 2.05) is 131 Å². The van der Waals surface area contributed by atoms with Crippen LogP contribution in [0.15, 0.2) is 121 Å². The van der Waals surface area contributed by atoms with Crippen molar-refractivity contribution in [1.29, 1.82) is 0 Å². The molecule has 0 saturated carbocycles. The summed E-state index contributed by atoms with van der Waals surface area (Å²) in [6, 6.07) is 38.0. The Morgan fingerprint density at radius 2 is 0.889 bits per heavy atom. The van der Waals surface area contributed by atoms with Gasteiger partial charge in [-0.3, -0.25) is 38.7 Å². The highest BCUT2D eigenvalue weighted by molar-refractivity contribution is 5.86. The summed E-state index contributed by atoms with van der Waals surface area (Å²) in [5.74, 6) is -1.10. The fraction of sp³-hybridized carbons (Fsp3) is 0.356. The number of aliphatic carboxylic acids is 1. The maximum atomic E-state index is 13.9. The van der Waals surface area contributed by atoms with E-state index in [9.17, 15) is 29.1 Å². The summed E-state index contributed by atoms with van der Waals surface area (Å²) in [5, 5.41) is 10.0. The number of ketones is 4. The van der Waals surface area contributed by atoms with Crippen molar-refractivity contribution in [2.75, 3.05) is 52.4 Å². The third kappa shape index (κ3) is 13.1. The smallest absolute Gasteiger partial charge is 0.303 e. The molecule has 0 amide bonds. The van der Waals surface area contributed by atoms with Crippen molar-refractivity contribution < 1.29 is 29.1 Å². The number of hydrogen-bond donors (Lipinski definition) is 1. The van der Waals surface area contributed by atoms with E-state index in [0.717, 1.165) is 22.3 Å². The van der Waals surface area contributed by atoms with Gasteiger partial charge < -0.3 is 5.11 Å². The zero-order chi connectivity index (χ0) is 38.2. The minimum atomic E-state index is -0.982. The number of carboxylic acid groups (broad SMARTS) is 1. The summed E-state index contributed by atoms with van der Waals surface area (Å²) in [6.07, 6.45) is 1.24. The molecule has 1 N–H and O–H groups in total. The van der Waals surface area contributed by atoms with Crippen LogP contribution in [0.3, 0.4) is 0 Å². The maximum absolute atomic E-state index is 13.9. The normalized spacial score (nSPS) is 16.7. The van der Waals surface area contributed by atoms with Gasteiger partial charge in [-0.1, -0.05) is 121 Å². The molecule has 5 rings (SSSR count). The first-order chi connectivity index (χ1) is 26.2. The Balaban J connectivity index is 1.47. The van der Waals surface area contributed by atoms with Gasteiger partial charge >= 0.3 is 5.97 Å². The van der Waals surface area contributed by atoms with Gasteiger partial charge in [0.1, 0.15) is 0 Å². The fourth-order valence-electron chi connectivity index (χ4n) is 7.42. The van der Waals surface area contributed by atoms with E-state index in [1.54, 1.807) is 0 Å². The lowest BCUT2D eigenvalue weighted by molar-refractivity contribution is -0.138. The van der Waals surface area contributed by atoms with Crippen LogP contribution in [0.2, 0.25) is 0 Å². The first kappa shape index (κ1) is 40.1. The zero-order valence-corrected chi connectivity index (χ0v) is 31.0. The van der Waals surface area contributed by atoms with Crippen LogP contribution >= 0.6 is 0 Å². The molecular weight excluding hydrogens is 679 g/mol. The maximum Gasteiger partial charge on any atom is 0.303 e. The number of nitrogens with zero attached hydrogens (tertiary/aromatic N) is 3. The van der Waals surface area contributed by atoms with Crippen LogP contribution in [0.5, 0.6) is 0 Å². The van der Waals surface area contributed by atoms with Crippen LogP contribution in [0.25, 0.3) is 0 Å². The summed E-state index contributed by atoms with van der Waals surface area (Å²) < 4.78 is 0. The number of hydrogen-bond acceptors (Lipinski definition) is 8. The summed E-state index contributed by atoms with van der Waals surface area (Å²) >= 11 is 0. The fourth-order valence-corrected chi connectivity index (χ4v) is 7.42. The van der Waals surface area contributed by atoms with Gasteiger partial charge in [0.2, 0.25) is 0 Å². The average molecular weight is 730 g/mol. The van der Waals surface area contributed by atoms with E-state index in [1.165, 1.54) is 0 Å². The van der Waals surface area contributed by atoms with Crippen molar-refractivity contribution in [3.05, 3.63) is 144 Å². The van der Waals surface area contributed by atoms with Gasteiger partial charge in [0.15, 0.2) is 23.1 Å². The largest absolute Gasteiger partial charge is 0.481 e. The van der Waals surface area contributed by atoms with E-state index in [0.29, 0.717) is 32.6 Å². The molecule has 4 aromatic carbocycles. The van der Waals surface area contributed by atoms with E-state index in [2.05, 4.69) is 4.90 Å². The molecule has 282 valence electrons. The predicted molar refractivity (Wildman–Crippen MR) is 209 cm³/mol. The number of Topliss-reactive ketones (excluding diaryl/α,β-unsaturated/α-hetero) is 4. The van der Waals surface area contributed by atoms with Crippen molar-refractivity contribution in [1.82, 2.24) is 14.7 Å². The second-order valence-electron chi connectivity index (χ2n) is 14.5. The molecule has 9 nitrogen and oxygen atoms in total. The van der Waals surface area contributed by atoms with Gasteiger partial charge in [0, 0.05) is 63.8 Å². The van der Waals surface area contributed by atoms with E-state index in [4.69, 9.17) is 0 Å². The molecule has 1 unspecified atom stereocenters. The summed E-state index contributed by atoms with van der Waals surface area (Å²) in [4.78, 5) is 73.1. The quantitative estimate of drug-likeness (QED) is 0.132. The van der Waals surface area contributed by atoms with E-state index < -0.39 is 11.5 Å². The predicted octanol–water partition coefficient (Wildman–Crippen LogP) is 5.15. The number of carboxylic acids is 1. The van der Waals surface area contributed by atoms with Crippen molar-refractivity contribution in [2.45, 2.75) is 50.5 Å². The molecule has 0 aromatic heterocycles. The minimum Gasteiger partial charge on any atom is -0.481 e. The molecule has 54 heavy (non-hydrogen) atoms. The Labute approximate surface area is 318 Å². The second kappa shape index (κ2) is 20.4. The lowest BCUT2D eigenvalue weighted by atomic mass is 9.84. The number of benzene rings is 4. The molecule has 1 heterocycles. The highest BCUT2D eigenvalue weighted by atomic mass is 16.4. The van der Waals surface area contributed by atoms with Crippen molar-refractivity contribution >= 4 is 29.1 Å². The average Bonchev–Trinajstić information content (AvgIpc) is 3.15. The molecule has 0 radical (unpaired) electrons. The van der Waals surface area contributed by atoms with Crippen LogP contribution in [0.1, 0.15) is 41.5 Å². The van der Waals surface area contributed by atoms with Crippen molar-refractivity contribution in [2.24, 2.45) is 0 Å². The number of carbonyl (C=O) groups is 5. The lowest BCUT2D eigenvalue weighted by Gasteiger charge is -2.49. The Morgan fingerprint density at radius 1 is 0.519 bits per heavy atom. The zero-order valence-electron chi connectivity index (χ0n) is 31.0. The molecule has 1 aliphatic rings. The molecule has 9 heteroatoms. The van der Waals surface area contributed by atoms with Gasteiger partial charge in [-0.2, -0.15) is 0 Å². The summed E-state index contributed by atoms with van der Waals surface area (Å²) in [6.45, 7) is 1.92. The van der Waals surface area contributed by atoms with Crippen LogP contribution in [0, 0.1) is 0 Å². The van der Waals surface area contributed by atoms with Gasteiger partial charge in [0.05, 0.1) is 26.2 Å². The van der Waals surface area contributed by atoms with Crippen LogP contribution in [0.4, 0.5) is 0 Å². The van der Waals surface area contributed by atoms with Crippen LogP contribution < -0.4 is 0 Å². The van der Waals surface area contributed by atoms with Gasteiger partial charge in [-0.25, -0.2) is 0 Å². The van der Waals surface area contributed by atoms with Crippen LogP contribution in [-0.4, -0.2) is 107 Å². The molecule has 1 atom stereocenters. The summed E-state index contributed by atoms with van der Waals surface area (Å²) in [5.41, 5.74) is 2.57. The third-order valence-electron chi connectivity index (χ3n) is 10.1. The molecule has 4 aromatic rings. The van der Waals surface area contributed by atoms with E-state index in [-0.39, 0.29) is 87.8 Å². The van der Waals surface area contributed by atoms with E-state index >= 15 is 0 Å². The molecule has 0 spiro atoms. The first-order valence-electron chi connectivity index (χ1n) is 18.8. The van der Waals surface area contributed by atoms with Crippen LogP contribution in [-0.2, 0) is 49.7 Å². The first-order valence-corrected chi connectivity index (χ1v) is 18.8. The van der Waals surface area contributed by atoms with Gasteiger partial charge in [0.25, 0.3) is 0 Å². The highest BCUT2D eigenvalue weighted by Gasteiger charge is 2.42. The second-order valence-corrected chi connectivity index (χ2v) is 14.5. The Morgan fingerprint density at radius 3 is 1.30 bits per heavy atom. The third-order valence-corrected chi connectivity index (χ3v) is 10.1. The Kier molecular flexibility index (Phi) is 15.1. The lowest BCUT2D eigenvalue weighted by Crippen LogP contribution is -2.62. The molecule has 0 bridgehead atoms. The van der Waals surface area contributed by atoms with Crippen molar-refractivity contribution in [3.63, 3.8) is 0 Å². The Hall–Kier alpha value is -5.09. The molecule has 1 fully saturated rings. The van der Waals surface area contributed by atoms with Gasteiger partial charge in [-0.05, 0) is 35.1 Å². The SMILES string of the molecule is O=C(O)CCC1(N(CC(=O)Cc2ccccc2)CC(=O)Cc2ccccc2)CCN(CC(=O)Cc2ccccc2)CCN(CC(=O)Cc2ccccc2)C1. The molecule has 1 aliphatic heterocycles. The highest BCUT2D eigenvalue weighted by Crippen LogP contribution is 2.30.